The number of anilines is 2. The first kappa shape index (κ1) is 27.5. The Morgan fingerprint density at radius 3 is 2.54 bits per heavy atom. The lowest BCUT2D eigenvalue weighted by molar-refractivity contribution is -0.122. The van der Waals surface area contributed by atoms with Crippen LogP contribution >= 0.6 is 39.0 Å². The van der Waals surface area contributed by atoms with Crippen LogP contribution in [0.1, 0.15) is 27.5 Å². The number of nitrogens with zero attached hydrogens (tertiary/aromatic N) is 1. The van der Waals surface area contributed by atoms with Gasteiger partial charge in [0, 0.05) is 26.5 Å². The molecule has 3 amide bonds. The van der Waals surface area contributed by atoms with E-state index in [1.807, 2.05) is 50.2 Å². The molecule has 0 saturated carbocycles. The van der Waals surface area contributed by atoms with Gasteiger partial charge in [0.2, 0.25) is 11.8 Å². The van der Waals surface area contributed by atoms with E-state index in [2.05, 4.69) is 26.2 Å². The Hall–Kier alpha value is -3.67. The summed E-state index contributed by atoms with van der Waals surface area (Å²) in [6.45, 7) is 3.61. The zero-order valence-corrected chi connectivity index (χ0v) is 25.2. The molecule has 3 atom stereocenters. The molecular formula is C30H24BrN3O5S2. The number of hydrogen-bond donors (Lipinski definition) is 2. The zero-order valence-electron chi connectivity index (χ0n) is 22.0. The topological polar surface area (TPSA) is 109 Å². The maximum absolute atomic E-state index is 14.0. The highest BCUT2D eigenvalue weighted by Gasteiger charge is 2.56. The number of halogens is 1. The molecule has 0 radical (unpaired) electrons. The third kappa shape index (κ3) is 5.25. The number of imide groups is 1. The molecule has 3 unspecified atom stereocenters. The van der Waals surface area contributed by atoms with Crippen molar-refractivity contribution in [1.29, 1.82) is 0 Å². The predicted octanol–water partition coefficient (Wildman–Crippen LogP) is 5.63. The Balaban J connectivity index is 1.36. The quantitative estimate of drug-likeness (QED) is 0.262. The monoisotopic (exact) mass is 649 g/mol. The van der Waals surface area contributed by atoms with Crippen LogP contribution in [-0.2, 0) is 14.4 Å². The Kier molecular flexibility index (Phi) is 7.35. The number of aromatic nitrogens is 1. The third-order valence-electron chi connectivity index (χ3n) is 7.08. The number of aromatic amines is 1. The standard InChI is InChI=1S/C30H24BrN3O5S2/c1-15-6-9-19(10-7-15)34-28(36)24-23(25-27(33-30(38)41-25)40-26(24)29(34)37)20-13-17(31)8-11-21(20)39-14-22(35)32-18-5-3-4-16(2)12-18/h3-13,23-24,26H,14H2,1-2H3,(H,32,35)(H,33,38). The fourth-order valence-corrected chi connectivity index (χ4v) is 8.14. The molecule has 1 saturated heterocycles. The minimum atomic E-state index is -0.773. The van der Waals surface area contributed by atoms with Gasteiger partial charge in [-0.25, -0.2) is 4.90 Å². The number of amides is 3. The second-order valence-corrected chi connectivity index (χ2v) is 13.1. The Bertz CT molecular complexity index is 1750. The SMILES string of the molecule is Cc1ccc(N2C(=O)C3Sc4[nH]c(=O)sc4C(c4cc(Br)ccc4OCC(=O)Nc4cccc(C)c4)C3C2=O)cc1. The van der Waals surface area contributed by atoms with Crippen molar-refractivity contribution in [2.45, 2.75) is 30.0 Å². The van der Waals surface area contributed by atoms with Crippen LogP contribution in [0.3, 0.4) is 0 Å². The van der Waals surface area contributed by atoms with E-state index in [9.17, 15) is 19.2 Å². The van der Waals surface area contributed by atoms with Crippen molar-refractivity contribution in [3.05, 3.63) is 102 Å². The van der Waals surface area contributed by atoms with Crippen molar-refractivity contribution >= 4 is 68.1 Å². The molecule has 0 aliphatic carbocycles. The van der Waals surface area contributed by atoms with Crippen molar-refractivity contribution in [2.75, 3.05) is 16.8 Å². The number of ether oxygens (including phenoxy) is 1. The van der Waals surface area contributed by atoms with Gasteiger partial charge in [-0.05, 0) is 61.9 Å². The molecule has 3 aromatic carbocycles. The lowest BCUT2D eigenvalue weighted by Gasteiger charge is -2.31. The maximum atomic E-state index is 14.0. The van der Waals surface area contributed by atoms with Gasteiger partial charge >= 0.3 is 4.87 Å². The molecule has 0 spiro atoms. The smallest absolute Gasteiger partial charge is 0.305 e. The molecular weight excluding hydrogens is 626 g/mol. The largest absolute Gasteiger partial charge is 0.483 e. The molecule has 41 heavy (non-hydrogen) atoms. The summed E-state index contributed by atoms with van der Waals surface area (Å²) >= 11 is 5.76. The Labute approximate surface area is 252 Å². The second kappa shape index (κ2) is 11.0. The van der Waals surface area contributed by atoms with Crippen LogP contribution in [0.4, 0.5) is 11.4 Å². The molecule has 3 heterocycles. The van der Waals surface area contributed by atoms with Crippen LogP contribution in [0, 0.1) is 19.8 Å². The fourth-order valence-electron chi connectivity index (χ4n) is 5.26. The first-order valence-corrected chi connectivity index (χ1v) is 15.3. The van der Waals surface area contributed by atoms with Crippen molar-refractivity contribution in [3.63, 3.8) is 0 Å². The van der Waals surface area contributed by atoms with Crippen molar-refractivity contribution in [3.8, 4) is 5.75 Å². The highest BCUT2D eigenvalue weighted by atomic mass is 79.9. The number of hydrogen-bond acceptors (Lipinski definition) is 7. The molecule has 0 bridgehead atoms. The van der Waals surface area contributed by atoms with Gasteiger partial charge in [0.05, 0.1) is 16.6 Å². The summed E-state index contributed by atoms with van der Waals surface area (Å²) < 4.78 is 6.77. The number of fused-ring (bicyclic) bond motifs is 2. The molecule has 2 aliphatic heterocycles. The predicted molar refractivity (Wildman–Crippen MR) is 163 cm³/mol. The first-order chi connectivity index (χ1) is 19.7. The molecule has 6 rings (SSSR count). The number of carbonyl (C=O) groups excluding carboxylic acids is 3. The molecule has 4 aromatic rings. The normalized spacial score (nSPS) is 19.6. The van der Waals surface area contributed by atoms with E-state index in [-0.39, 0.29) is 29.2 Å². The minimum Gasteiger partial charge on any atom is -0.483 e. The van der Waals surface area contributed by atoms with Gasteiger partial charge < -0.3 is 15.0 Å². The molecule has 1 aromatic heterocycles. The first-order valence-electron chi connectivity index (χ1n) is 12.8. The number of H-pyrrole nitrogens is 1. The van der Waals surface area contributed by atoms with Crippen LogP contribution in [-0.4, -0.2) is 34.6 Å². The van der Waals surface area contributed by atoms with Crippen LogP contribution in [0.2, 0.25) is 0 Å². The van der Waals surface area contributed by atoms with Crippen LogP contribution in [0.25, 0.3) is 0 Å². The van der Waals surface area contributed by atoms with E-state index in [4.69, 9.17) is 4.74 Å². The molecule has 8 nitrogen and oxygen atoms in total. The van der Waals surface area contributed by atoms with Gasteiger partial charge in [-0.15, -0.1) is 0 Å². The summed E-state index contributed by atoms with van der Waals surface area (Å²) in [5.41, 5.74) is 3.81. The number of thioether (sulfide) groups is 1. The fraction of sp³-hybridized carbons (Fsp3) is 0.200. The zero-order chi connectivity index (χ0) is 28.8. The van der Waals surface area contributed by atoms with Gasteiger partial charge in [-0.3, -0.25) is 19.2 Å². The molecule has 11 heteroatoms. The maximum Gasteiger partial charge on any atom is 0.305 e. The van der Waals surface area contributed by atoms with Crippen molar-refractivity contribution in [2.24, 2.45) is 5.92 Å². The van der Waals surface area contributed by atoms with Crippen molar-refractivity contribution < 1.29 is 19.1 Å². The van der Waals surface area contributed by atoms with Crippen LogP contribution in [0.5, 0.6) is 5.75 Å². The van der Waals surface area contributed by atoms with Gasteiger partial charge in [0.1, 0.15) is 11.0 Å². The summed E-state index contributed by atoms with van der Waals surface area (Å²) in [7, 11) is 0. The number of benzene rings is 3. The molecule has 2 aliphatic rings. The summed E-state index contributed by atoms with van der Waals surface area (Å²) in [6.07, 6.45) is 0. The summed E-state index contributed by atoms with van der Waals surface area (Å²) in [5, 5.41) is 2.67. The lowest BCUT2D eigenvalue weighted by Crippen LogP contribution is -2.32. The Morgan fingerprint density at radius 2 is 1.78 bits per heavy atom. The van der Waals surface area contributed by atoms with Crippen molar-refractivity contribution in [1.82, 2.24) is 4.98 Å². The number of rotatable bonds is 6. The number of carbonyl (C=O) groups is 3. The lowest BCUT2D eigenvalue weighted by atomic mass is 9.82. The van der Waals surface area contributed by atoms with Crippen LogP contribution in [0.15, 0.2) is 81.0 Å². The summed E-state index contributed by atoms with van der Waals surface area (Å²) in [4.78, 5) is 57.4. The van der Waals surface area contributed by atoms with E-state index < -0.39 is 17.1 Å². The summed E-state index contributed by atoms with van der Waals surface area (Å²) in [5.74, 6) is -2.03. The highest BCUT2D eigenvalue weighted by Crippen LogP contribution is 2.54. The number of aryl methyl sites for hydroxylation is 2. The number of nitrogens with one attached hydrogen (secondary N) is 2. The molecule has 1 fully saturated rings. The van der Waals surface area contributed by atoms with E-state index >= 15 is 0 Å². The highest BCUT2D eigenvalue weighted by molar-refractivity contribution is 9.10. The molecule has 208 valence electrons. The van der Waals surface area contributed by atoms with Gasteiger partial charge in [0.25, 0.3) is 5.91 Å². The van der Waals surface area contributed by atoms with E-state index in [1.54, 1.807) is 30.3 Å². The van der Waals surface area contributed by atoms with Crippen LogP contribution < -0.4 is 19.8 Å². The molecule has 2 N–H and O–H groups in total. The Morgan fingerprint density at radius 1 is 1.00 bits per heavy atom. The van der Waals surface area contributed by atoms with E-state index in [0.717, 1.165) is 26.9 Å². The average molecular weight is 651 g/mol. The second-order valence-electron chi connectivity index (χ2n) is 9.99. The third-order valence-corrected chi connectivity index (χ3v) is 9.98. The minimum absolute atomic E-state index is 0.266. The van der Waals surface area contributed by atoms with Gasteiger partial charge in [-0.1, -0.05) is 68.9 Å². The van der Waals surface area contributed by atoms with Gasteiger partial charge in [-0.2, -0.15) is 0 Å². The van der Waals surface area contributed by atoms with Gasteiger partial charge in [0.15, 0.2) is 6.61 Å². The number of thiazole rings is 1. The van der Waals surface area contributed by atoms with E-state index in [0.29, 0.717) is 32.6 Å². The summed E-state index contributed by atoms with van der Waals surface area (Å²) in [6, 6.07) is 20.0. The van der Waals surface area contributed by atoms with E-state index in [1.165, 1.54) is 16.7 Å². The average Bonchev–Trinajstić information content (AvgIpc) is 3.42.